The van der Waals surface area contributed by atoms with Gasteiger partial charge in [-0.15, -0.1) is 0 Å². The second-order valence-corrected chi connectivity index (χ2v) is 4.85. The Labute approximate surface area is 180 Å². The Bertz CT molecular complexity index is 561. The normalized spacial score (nSPS) is 9.21. The molecule has 0 saturated heterocycles. The molecule has 0 saturated carbocycles. The van der Waals surface area contributed by atoms with Crippen molar-refractivity contribution in [2.45, 2.75) is 74.7 Å². The van der Waals surface area contributed by atoms with E-state index in [4.69, 9.17) is 15.6 Å². The summed E-state index contributed by atoms with van der Waals surface area (Å²) in [5.74, 6) is -0.362. The Morgan fingerprint density at radius 1 is 1.10 bits per heavy atom. The second-order valence-electron chi connectivity index (χ2n) is 4.85. The molecule has 3 N–H and O–H groups in total. The third-order valence-electron chi connectivity index (χ3n) is 2.87. The summed E-state index contributed by atoms with van der Waals surface area (Å²) >= 11 is 0. The number of aliphatic hydroxyl groups is 1. The minimum atomic E-state index is -0.217. The number of para-hydroxylation sites is 1. The lowest BCUT2D eigenvalue weighted by molar-refractivity contribution is 0.0981. The Hall–Kier alpha value is -2.49. The van der Waals surface area contributed by atoms with E-state index in [2.05, 4.69) is 32.6 Å². The van der Waals surface area contributed by atoms with Crippen LogP contribution in [0.4, 0.5) is 5.69 Å². The third-order valence-corrected chi connectivity index (χ3v) is 2.87. The first kappa shape index (κ1) is 34.0. The van der Waals surface area contributed by atoms with E-state index >= 15 is 0 Å². The van der Waals surface area contributed by atoms with Gasteiger partial charge in [0.15, 0.2) is 5.78 Å². The van der Waals surface area contributed by atoms with E-state index in [-0.39, 0.29) is 18.0 Å². The van der Waals surface area contributed by atoms with Gasteiger partial charge in [-0.3, -0.25) is 4.79 Å². The molecular formula is C25H45NO3. The van der Waals surface area contributed by atoms with E-state index in [0.29, 0.717) is 11.3 Å². The van der Waals surface area contributed by atoms with Gasteiger partial charge in [-0.1, -0.05) is 86.3 Å². The van der Waals surface area contributed by atoms with Crippen molar-refractivity contribution >= 4 is 11.5 Å². The lowest BCUT2D eigenvalue weighted by Gasteiger charge is -2.02. The van der Waals surface area contributed by atoms with Crippen LogP contribution in [0.3, 0.4) is 0 Å². The number of Topliss-reactive ketones (excluding diaryl/α,β-unsaturated/α-hetero) is 1. The van der Waals surface area contributed by atoms with Gasteiger partial charge in [0.05, 0.1) is 25.6 Å². The van der Waals surface area contributed by atoms with Crippen molar-refractivity contribution in [2.75, 3.05) is 12.8 Å². The zero-order chi connectivity index (χ0) is 23.7. The van der Waals surface area contributed by atoms with Crippen LogP contribution in [0.15, 0.2) is 60.6 Å². The average molecular weight is 408 g/mol. The van der Waals surface area contributed by atoms with Crippen LogP contribution in [-0.4, -0.2) is 18.0 Å². The molecule has 0 unspecified atom stereocenters. The number of benzene rings is 1. The maximum atomic E-state index is 11.4. The number of carbonyl (C=O) groups excluding carboxylic acids is 1. The molecule has 0 aliphatic heterocycles. The first-order valence-corrected chi connectivity index (χ1v) is 10.6. The van der Waals surface area contributed by atoms with Gasteiger partial charge >= 0.3 is 0 Å². The number of nitrogen functional groups attached to an aromatic ring is 1. The molecule has 0 radical (unpaired) electrons. The van der Waals surface area contributed by atoms with Crippen LogP contribution in [0.1, 0.15) is 85.0 Å². The van der Waals surface area contributed by atoms with E-state index < -0.39 is 0 Å². The number of anilines is 1. The number of nitrogens with two attached hydrogens (primary N) is 1. The Morgan fingerprint density at radius 2 is 1.62 bits per heavy atom. The Kier molecular flexibility index (Phi) is 32.6. The number of ether oxygens (including phenoxy) is 1. The van der Waals surface area contributed by atoms with Crippen LogP contribution in [0.5, 0.6) is 0 Å². The molecule has 1 aromatic carbocycles. The molecule has 0 aliphatic rings. The highest BCUT2D eigenvalue weighted by molar-refractivity contribution is 6.01. The fraction of sp³-hybridized carbons (Fsp3) is 0.480. The molecule has 0 amide bonds. The summed E-state index contributed by atoms with van der Waals surface area (Å²) < 4.78 is 4.88. The SMILES string of the molecule is C=C(O)CC(=O)c1ccccc1N.CC.CC.CC.CC/C=C\C(=C/OC)CC. The number of hydrogen-bond donors (Lipinski definition) is 2. The average Bonchev–Trinajstić information content (AvgIpc) is 2.75. The molecule has 0 aliphatic carbocycles. The molecule has 1 rings (SSSR count). The van der Waals surface area contributed by atoms with Gasteiger partial charge in [-0.05, 0) is 30.5 Å². The molecule has 0 aromatic heterocycles. The number of rotatable bonds is 7. The zero-order valence-corrected chi connectivity index (χ0v) is 20.2. The summed E-state index contributed by atoms with van der Waals surface area (Å²) in [6.45, 7) is 19.5. The summed E-state index contributed by atoms with van der Waals surface area (Å²) in [5, 5.41) is 8.82. The highest BCUT2D eigenvalue weighted by Gasteiger charge is 2.09. The van der Waals surface area contributed by atoms with Crippen LogP contribution in [0.25, 0.3) is 0 Å². The van der Waals surface area contributed by atoms with Crippen molar-refractivity contribution in [3.63, 3.8) is 0 Å². The fourth-order valence-electron chi connectivity index (χ4n) is 1.69. The van der Waals surface area contributed by atoms with Gasteiger partial charge in [0.25, 0.3) is 0 Å². The molecule has 29 heavy (non-hydrogen) atoms. The maximum Gasteiger partial charge on any atom is 0.172 e. The predicted molar refractivity (Wildman–Crippen MR) is 130 cm³/mol. The smallest absolute Gasteiger partial charge is 0.172 e. The predicted octanol–water partition coefficient (Wildman–Crippen LogP) is 7.88. The van der Waals surface area contributed by atoms with Crippen molar-refractivity contribution in [3.05, 3.63) is 66.2 Å². The number of aliphatic hydroxyl groups excluding tert-OH is 1. The first-order valence-electron chi connectivity index (χ1n) is 10.6. The van der Waals surface area contributed by atoms with E-state index in [1.54, 1.807) is 37.6 Å². The van der Waals surface area contributed by atoms with Gasteiger partial charge in [0.2, 0.25) is 0 Å². The lowest BCUT2D eigenvalue weighted by atomic mass is 10.1. The Morgan fingerprint density at radius 3 is 2.00 bits per heavy atom. The third kappa shape index (κ3) is 21.7. The van der Waals surface area contributed by atoms with Crippen LogP contribution in [-0.2, 0) is 4.74 Å². The second kappa shape index (κ2) is 27.7. The van der Waals surface area contributed by atoms with Crippen molar-refractivity contribution < 1.29 is 14.6 Å². The molecule has 168 valence electrons. The highest BCUT2D eigenvalue weighted by Crippen LogP contribution is 2.14. The molecular weight excluding hydrogens is 362 g/mol. The monoisotopic (exact) mass is 407 g/mol. The highest BCUT2D eigenvalue weighted by atomic mass is 16.5. The van der Waals surface area contributed by atoms with Crippen LogP contribution in [0.2, 0.25) is 0 Å². The number of carbonyl (C=O) groups is 1. The van der Waals surface area contributed by atoms with Crippen molar-refractivity contribution in [2.24, 2.45) is 0 Å². The Balaban J connectivity index is -0.000000175. The van der Waals surface area contributed by atoms with E-state index in [1.807, 2.05) is 41.5 Å². The van der Waals surface area contributed by atoms with Crippen LogP contribution >= 0.6 is 0 Å². The van der Waals surface area contributed by atoms with Gasteiger partial charge in [0.1, 0.15) is 0 Å². The molecule has 1 aromatic rings. The van der Waals surface area contributed by atoms with Crippen molar-refractivity contribution in [1.82, 2.24) is 0 Å². The van der Waals surface area contributed by atoms with Gasteiger partial charge in [0, 0.05) is 11.3 Å². The maximum absolute atomic E-state index is 11.4. The van der Waals surface area contributed by atoms with Gasteiger partial charge < -0.3 is 15.6 Å². The first-order chi connectivity index (χ1) is 14.0. The molecule has 0 bridgehead atoms. The summed E-state index contributed by atoms with van der Waals surface area (Å²) in [5.41, 5.74) is 7.66. The molecule has 0 heterocycles. The van der Waals surface area contributed by atoms with E-state index in [0.717, 1.165) is 12.8 Å². The minimum absolute atomic E-state index is 0.0752. The van der Waals surface area contributed by atoms with Crippen molar-refractivity contribution in [1.29, 1.82) is 0 Å². The summed E-state index contributed by atoms with van der Waals surface area (Å²) in [6.07, 6.45) is 8.06. The molecule has 0 atom stereocenters. The minimum Gasteiger partial charge on any atom is -0.512 e. The molecule has 0 spiro atoms. The quantitative estimate of drug-likeness (QED) is 0.209. The standard InChI is InChI=1S/C10H11NO2.C9H16O.3C2H6/c1-7(12)6-10(13)8-4-2-3-5-9(8)11;1-4-6-7-9(5-2)8-10-3;3*1-2/h2-5,12H,1,6,11H2;6-8H,4-5H2,1-3H3;3*1-2H3/b;7-6-,9-8-;;;. The number of hydrogen-bond acceptors (Lipinski definition) is 4. The van der Waals surface area contributed by atoms with Crippen molar-refractivity contribution in [3.8, 4) is 0 Å². The number of ketones is 1. The zero-order valence-electron chi connectivity index (χ0n) is 20.2. The molecule has 0 fully saturated rings. The van der Waals surface area contributed by atoms with Crippen LogP contribution < -0.4 is 5.73 Å². The number of methoxy groups -OCH3 is 1. The summed E-state index contributed by atoms with van der Waals surface area (Å²) in [6, 6.07) is 6.75. The number of allylic oxidation sites excluding steroid dienone is 4. The van der Waals surface area contributed by atoms with Gasteiger partial charge in [-0.2, -0.15) is 0 Å². The van der Waals surface area contributed by atoms with Gasteiger partial charge in [-0.25, -0.2) is 0 Å². The lowest BCUT2D eigenvalue weighted by Crippen LogP contribution is -2.04. The molecule has 4 heteroatoms. The topological polar surface area (TPSA) is 72.5 Å². The van der Waals surface area contributed by atoms with Crippen LogP contribution in [0, 0.1) is 0 Å². The molecule has 4 nitrogen and oxygen atoms in total. The van der Waals surface area contributed by atoms with E-state index in [9.17, 15) is 4.79 Å². The summed E-state index contributed by atoms with van der Waals surface area (Å²) in [4.78, 5) is 11.4. The van der Waals surface area contributed by atoms with E-state index in [1.165, 1.54) is 5.57 Å². The summed E-state index contributed by atoms with van der Waals surface area (Å²) in [7, 11) is 1.68. The largest absolute Gasteiger partial charge is 0.512 e. The fourth-order valence-corrected chi connectivity index (χ4v) is 1.69.